The molecule has 1 spiro atoms. The minimum absolute atomic E-state index is 0.0977. The average molecular weight is 291 g/mol. The van der Waals surface area contributed by atoms with E-state index < -0.39 is 0 Å². The third-order valence-electron chi connectivity index (χ3n) is 4.35. The molecule has 0 saturated carbocycles. The first-order chi connectivity index (χ1) is 10.3. The van der Waals surface area contributed by atoms with Crippen LogP contribution in [0.2, 0.25) is 0 Å². The van der Waals surface area contributed by atoms with E-state index in [2.05, 4.69) is 30.4 Å². The van der Waals surface area contributed by atoms with Gasteiger partial charge in [0, 0.05) is 38.0 Å². The molecule has 2 fully saturated rings. The van der Waals surface area contributed by atoms with Crippen LogP contribution in [0.4, 0.5) is 0 Å². The van der Waals surface area contributed by atoms with Crippen molar-refractivity contribution in [3.63, 3.8) is 0 Å². The molecule has 0 aromatic heterocycles. The summed E-state index contributed by atoms with van der Waals surface area (Å²) in [4.78, 5) is 0. The van der Waals surface area contributed by atoms with Crippen molar-refractivity contribution in [3.8, 4) is 5.75 Å². The molecule has 2 atom stereocenters. The van der Waals surface area contributed by atoms with E-state index in [9.17, 15) is 0 Å². The summed E-state index contributed by atoms with van der Waals surface area (Å²) in [6.45, 7) is 6.22. The standard InChI is InChI=1S/C17H25NO3/c1-2-18-12-14-5-3-4-6-16(14)21-15-7-9-20-17(11-15)8-10-19-13-17/h3-6,15,18H,2,7-13H2,1H3. The number of nitrogens with one attached hydrogen (secondary N) is 1. The lowest BCUT2D eigenvalue weighted by Gasteiger charge is -2.37. The normalized spacial score (nSPS) is 28.9. The molecule has 0 radical (unpaired) electrons. The van der Waals surface area contributed by atoms with Gasteiger partial charge in [0.1, 0.15) is 11.9 Å². The number of ether oxygens (including phenoxy) is 3. The van der Waals surface area contributed by atoms with Crippen LogP contribution in [0.3, 0.4) is 0 Å². The monoisotopic (exact) mass is 291 g/mol. The van der Waals surface area contributed by atoms with Crippen molar-refractivity contribution in [2.45, 2.75) is 44.4 Å². The van der Waals surface area contributed by atoms with Gasteiger partial charge in [0.2, 0.25) is 0 Å². The molecule has 2 unspecified atom stereocenters. The van der Waals surface area contributed by atoms with Crippen molar-refractivity contribution in [3.05, 3.63) is 29.8 Å². The summed E-state index contributed by atoms with van der Waals surface area (Å²) in [5.74, 6) is 0.999. The quantitative estimate of drug-likeness (QED) is 0.905. The van der Waals surface area contributed by atoms with Crippen LogP contribution in [0.1, 0.15) is 31.7 Å². The Morgan fingerprint density at radius 2 is 2.24 bits per heavy atom. The number of benzene rings is 1. The molecule has 1 N–H and O–H groups in total. The van der Waals surface area contributed by atoms with Crippen molar-refractivity contribution >= 4 is 0 Å². The maximum absolute atomic E-state index is 6.29. The van der Waals surface area contributed by atoms with Crippen LogP contribution in [-0.2, 0) is 16.0 Å². The molecule has 0 amide bonds. The third-order valence-corrected chi connectivity index (χ3v) is 4.35. The van der Waals surface area contributed by atoms with E-state index in [0.29, 0.717) is 6.61 Å². The van der Waals surface area contributed by atoms with Crippen LogP contribution in [-0.4, -0.2) is 38.1 Å². The van der Waals surface area contributed by atoms with Crippen molar-refractivity contribution in [1.82, 2.24) is 5.32 Å². The van der Waals surface area contributed by atoms with Crippen LogP contribution in [0.5, 0.6) is 5.75 Å². The Balaban J connectivity index is 1.65. The number of rotatable bonds is 5. The maximum Gasteiger partial charge on any atom is 0.124 e. The molecule has 1 aromatic rings. The van der Waals surface area contributed by atoms with Gasteiger partial charge >= 0.3 is 0 Å². The Kier molecular flexibility index (Phi) is 4.78. The molecular formula is C17H25NO3. The molecule has 21 heavy (non-hydrogen) atoms. The summed E-state index contributed by atoms with van der Waals surface area (Å²) in [7, 11) is 0. The van der Waals surface area contributed by atoms with E-state index in [4.69, 9.17) is 14.2 Å². The fourth-order valence-corrected chi connectivity index (χ4v) is 3.15. The molecule has 1 aromatic carbocycles. The molecule has 0 bridgehead atoms. The van der Waals surface area contributed by atoms with Crippen LogP contribution in [0.15, 0.2) is 24.3 Å². The minimum atomic E-state index is -0.0977. The molecule has 4 nitrogen and oxygen atoms in total. The second-order valence-corrected chi connectivity index (χ2v) is 5.95. The van der Waals surface area contributed by atoms with Crippen LogP contribution >= 0.6 is 0 Å². The first-order valence-corrected chi connectivity index (χ1v) is 7.98. The fraction of sp³-hybridized carbons (Fsp3) is 0.647. The molecule has 2 aliphatic rings. The van der Waals surface area contributed by atoms with Crippen molar-refractivity contribution in [2.24, 2.45) is 0 Å². The summed E-state index contributed by atoms with van der Waals surface area (Å²) in [6.07, 6.45) is 3.11. The van der Waals surface area contributed by atoms with Gasteiger partial charge < -0.3 is 19.5 Å². The highest BCUT2D eigenvalue weighted by atomic mass is 16.6. The summed E-state index contributed by atoms with van der Waals surface area (Å²) in [5.41, 5.74) is 1.13. The Hall–Kier alpha value is -1.10. The van der Waals surface area contributed by atoms with Crippen molar-refractivity contribution in [2.75, 3.05) is 26.4 Å². The maximum atomic E-state index is 6.29. The highest BCUT2D eigenvalue weighted by Gasteiger charge is 2.41. The van der Waals surface area contributed by atoms with Gasteiger partial charge in [-0.25, -0.2) is 0 Å². The van der Waals surface area contributed by atoms with Gasteiger partial charge in [0.05, 0.1) is 18.8 Å². The van der Waals surface area contributed by atoms with Gasteiger partial charge in [0.25, 0.3) is 0 Å². The molecule has 2 heterocycles. The third kappa shape index (κ3) is 3.57. The van der Waals surface area contributed by atoms with E-state index in [1.165, 1.54) is 5.56 Å². The van der Waals surface area contributed by atoms with Gasteiger partial charge in [-0.15, -0.1) is 0 Å². The Labute approximate surface area is 126 Å². The minimum Gasteiger partial charge on any atom is -0.490 e. The second kappa shape index (κ2) is 6.77. The number of para-hydroxylation sites is 1. The Morgan fingerprint density at radius 3 is 3.05 bits per heavy atom. The van der Waals surface area contributed by atoms with Gasteiger partial charge in [-0.1, -0.05) is 25.1 Å². The molecular weight excluding hydrogens is 266 g/mol. The summed E-state index contributed by atoms with van der Waals surface area (Å²) in [5, 5.41) is 3.37. The largest absolute Gasteiger partial charge is 0.490 e. The first kappa shape index (κ1) is 14.8. The van der Waals surface area contributed by atoms with Crippen LogP contribution in [0, 0.1) is 0 Å². The summed E-state index contributed by atoms with van der Waals surface area (Å²) in [6, 6.07) is 8.31. The predicted molar refractivity (Wildman–Crippen MR) is 81.6 cm³/mol. The SMILES string of the molecule is CCNCc1ccccc1OC1CCOC2(CCOC2)C1. The van der Waals surface area contributed by atoms with E-state index in [0.717, 1.165) is 51.3 Å². The van der Waals surface area contributed by atoms with Gasteiger partial charge in [-0.2, -0.15) is 0 Å². The van der Waals surface area contributed by atoms with E-state index >= 15 is 0 Å². The second-order valence-electron chi connectivity index (χ2n) is 5.95. The topological polar surface area (TPSA) is 39.7 Å². The van der Waals surface area contributed by atoms with Crippen molar-refractivity contribution < 1.29 is 14.2 Å². The van der Waals surface area contributed by atoms with E-state index in [1.54, 1.807) is 0 Å². The van der Waals surface area contributed by atoms with Gasteiger partial charge in [0.15, 0.2) is 0 Å². The van der Waals surface area contributed by atoms with Crippen LogP contribution < -0.4 is 10.1 Å². The fourth-order valence-electron chi connectivity index (χ4n) is 3.15. The Morgan fingerprint density at radius 1 is 1.33 bits per heavy atom. The highest BCUT2D eigenvalue weighted by molar-refractivity contribution is 5.33. The van der Waals surface area contributed by atoms with E-state index in [-0.39, 0.29) is 11.7 Å². The molecule has 2 aliphatic heterocycles. The molecule has 2 saturated heterocycles. The first-order valence-electron chi connectivity index (χ1n) is 7.98. The zero-order chi connectivity index (χ0) is 14.5. The predicted octanol–water partition coefficient (Wildman–Crippen LogP) is 2.51. The number of hydrogen-bond donors (Lipinski definition) is 1. The Bertz CT molecular complexity index is 457. The van der Waals surface area contributed by atoms with Gasteiger partial charge in [-0.3, -0.25) is 0 Å². The van der Waals surface area contributed by atoms with E-state index in [1.807, 2.05) is 6.07 Å². The molecule has 0 aliphatic carbocycles. The van der Waals surface area contributed by atoms with Gasteiger partial charge in [-0.05, 0) is 12.6 Å². The molecule has 3 rings (SSSR count). The summed E-state index contributed by atoms with van der Waals surface area (Å²) < 4.78 is 17.8. The zero-order valence-electron chi connectivity index (χ0n) is 12.8. The number of hydrogen-bond acceptors (Lipinski definition) is 4. The lowest BCUT2D eigenvalue weighted by atomic mass is 9.91. The highest BCUT2D eigenvalue weighted by Crippen LogP contribution is 2.35. The smallest absolute Gasteiger partial charge is 0.124 e. The molecule has 116 valence electrons. The molecule has 4 heteroatoms. The van der Waals surface area contributed by atoms with Crippen LogP contribution in [0.25, 0.3) is 0 Å². The zero-order valence-corrected chi connectivity index (χ0v) is 12.8. The summed E-state index contributed by atoms with van der Waals surface area (Å²) >= 11 is 0. The lowest BCUT2D eigenvalue weighted by molar-refractivity contribution is -0.112. The average Bonchev–Trinajstić information content (AvgIpc) is 2.94. The lowest BCUT2D eigenvalue weighted by Crippen LogP contribution is -2.44. The van der Waals surface area contributed by atoms with Crippen molar-refractivity contribution in [1.29, 1.82) is 0 Å².